The molecule has 0 spiro atoms. The topological polar surface area (TPSA) is 333 Å². The summed E-state index contributed by atoms with van der Waals surface area (Å²) in [4.78, 5) is 147. The molecule has 8 N–H and O–H groups in total. The molecule has 0 bridgehead atoms. The van der Waals surface area contributed by atoms with E-state index in [9.17, 15) is 52.7 Å². The third-order valence-corrected chi connectivity index (χ3v) is 9.90. The first kappa shape index (κ1) is 68.3. The number of ether oxygens (including phenoxy) is 5. The maximum absolute atomic E-state index is 13.7. The van der Waals surface area contributed by atoms with Gasteiger partial charge in [0, 0.05) is 39.0 Å². The number of nitrogens with zero attached hydrogens (tertiary/aromatic N) is 1. The lowest BCUT2D eigenvalue weighted by molar-refractivity contribution is -0.158. The molecule has 9 amide bonds. The van der Waals surface area contributed by atoms with E-state index in [4.69, 9.17) is 23.7 Å². The third kappa shape index (κ3) is 33.9. The van der Waals surface area contributed by atoms with E-state index in [-0.39, 0.29) is 51.9 Å². The highest BCUT2D eigenvalue weighted by molar-refractivity contribution is 5.92. The van der Waals surface area contributed by atoms with Crippen molar-refractivity contribution >= 4 is 65.7 Å². The fourth-order valence-electron chi connectivity index (χ4n) is 6.64. The highest BCUT2D eigenvalue weighted by Crippen LogP contribution is 2.16. The van der Waals surface area contributed by atoms with Crippen LogP contribution in [0, 0.1) is 0 Å². The average molecular weight is 1100 g/mol. The van der Waals surface area contributed by atoms with Gasteiger partial charge in [-0.05, 0) is 149 Å². The van der Waals surface area contributed by atoms with Gasteiger partial charge in [0.05, 0.1) is 13.1 Å². The molecule has 0 saturated heterocycles. The second-order valence-corrected chi connectivity index (χ2v) is 23.4. The fraction of sp³-hybridized carbons (Fsp3) is 0.750. The summed E-state index contributed by atoms with van der Waals surface area (Å²) in [5.41, 5.74) is -4.52. The Morgan fingerprint density at radius 3 is 1.22 bits per heavy atom. The molecule has 1 aliphatic heterocycles. The summed E-state index contributed by atoms with van der Waals surface area (Å²) in [5.74, 6) is -5.87. The zero-order valence-electron chi connectivity index (χ0n) is 48.0. The van der Waals surface area contributed by atoms with Gasteiger partial charge in [-0.1, -0.05) is 12.2 Å². The van der Waals surface area contributed by atoms with Crippen molar-refractivity contribution in [2.75, 3.05) is 39.3 Å². The molecule has 0 aromatic rings. The van der Waals surface area contributed by atoms with Gasteiger partial charge >= 0.3 is 30.2 Å². The zero-order valence-corrected chi connectivity index (χ0v) is 48.0. The van der Waals surface area contributed by atoms with Crippen molar-refractivity contribution in [3.8, 4) is 0 Å². The van der Waals surface area contributed by atoms with E-state index in [0.29, 0.717) is 19.3 Å². The highest BCUT2D eigenvalue weighted by atomic mass is 16.6. The first-order valence-electron chi connectivity index (χ1n) is 26.1. The van der Waals surface area contributed by atoms with Crippen molar-refractivity contribution in [3.05, 3.63) is 12.2 Å². The predicted molar refractivity (Wildman–Crippen MR) is 282 cm³/mol. The van der Waals surface area contributed by atoms with Crippen molar-refractivity contribution in [1.82, 2.24) is 47.4 Å². The van der Waals surface area contributed by atoms with E-state index in [2.05, 4.69) is 42.5 Å². The molecule has 0 fully saturated rings. The zero-order chi connectivity index (χ0) is 59.0. The minimum Gasteiger partial charge on any atom is -0.458 e. The van der Waals surface area contributed by atoms with Crippen molar-refractivity contribution in [2.24, 2.45) is 0 Å². The third-order valence-electron chi connectivity index (χ3n) is 9.90. The molecule has 0 aliphatic carbocycles. The molecule has 0 aromatic carbocycles. The van der Waals surface area contributed by atoms with Crippen LogP contribution in [0.4, 0.5) is 14.4 Å². The van der Waals surface area contributed by atoms with Crippen LogP contribution in [-0.4, -0.2) is 162 Å². The summed E-state index contributed by atoms with van der Waals surface area (Å²) in [6.07, 6.45) is -0.137. The van der Waals surface area contributed by atoms with Crippen LogP contribution in [0.25, 0.3) is 0 Å². The fourth-order valence-corrected chi connectivity index (χ4v) is 6.64. The summed E-state index contributed by atoms with van der Waals surface area (Å²) in [5, 5.41) is 20.5. The Labute approximate surface area is 453 Å². The second kappa shape index (κ2) is 31.5. The van der Waals surface area contributed by atoms with Gasteiger partial charge in [0.15, 0.2) is 0 Å². The maximum Gasteiger partial charge on any atom is 0.410 e. The van der Waals surface area contributed by atoms with Crippen LogP contribution in [0.15, 0.2) is 12.2 Å². The van der Waals surface area contributed by atoms with Gasteiger partial charge in [0.1, 0.15) is 52.2 Å². The molecule has 0 aromatic heterocycles. The van der Waals surface area contributed by atoms with E-state index in [0.717, 1.165) is 0 Å². The number of amides is 9. The standard InChI is InChI=1S/C52H89N9O16/c1-48(2,3)73-43(68)35(59-45(70)75-50(7,8)9)23-25-37(62)57-33-21-16-17-22-34(58-38(63)26-24-36(44(69)74-49(4,5)6)60-46(71)76-51(10,11)12)42(67)56-32-40(65)54-28-20-30-61(47(72)77-52(13,14)15)29-19-18-27-53-39(64)31-55-41(33)66/h16-17,33-36H,18-32H2,1-15H3,(H,53,64)(H,54,65)(H,55,66)(H,56,67)(H,57,62)(H,58,63)(H,59,70)(H,60,71)/b17-16+/t33-,34-,35-,36-/m0/s1. The van der Waals surface area contributed by atoms with E-state index in [1.807, 2.05) is 0 Å². The Balaban J connectivity index is 3.55. The van der Waals surface area contributed by atoms with Crippen molar-refractivity contribution < 1.29 is 76.4 Å². The lowest BCUT2D eigenvalue weighted by Gasteiger charge is -2.27. The van der Waals surface area contributed by atoms with E-state index in [1.165, 1.54) is 17.1 Å². The Bertz CT molecular complexity index is 2060. The number of alkyl carbamates (subject to hydrolysis) is 2. The molecule has 0 unspecified atom stereocenters. The van der Waals surface area contributed by atoms with Crippen LogP contribution in [0.2, 0.25) is 0 Å². The monoisotopic (exact) mass is 1100 g/mol. The number of carbonyl (C=O) groups excluding carboxylic acids is 11. The van der Waals surface area contributed by atoms with Gasteiger partial charge in [0.25, 0.3) is 0 Å². The number of esters is 2. The molecule has 77 heavy (non-hydrogen) atoms. The molecule has 25 nitrogen and oxygen atoms in total. The van der Waals surface area contributed by atoms with Crippen LogP contribution in [-0.2, 0) is 62.0 Å². The van der Waals surface area contributed by atoms with Gasteiger partial charge in [-0.15, -0.1) is 0 Å². The Morgan fingerprint density at radius 1 is 0.506 bits per heavy atom. The van der Waals surface area contributed by atoms with Gasteiger partial charge < -0.3 is 71.1 Å². The van der Waals surface area contributed by atoms with Crippen LogP contribution in [0.1, 0.15) is 162 Å². The lowest BCUT2D eigenvalue weighted by Crippen LogP contribution is -2.50. The lowest BCUT2D eigenvalue weighted by atomic mass is 10.1. The van der Waals surface area contributed by atoms with Gasteiger partial charge in [-0.3, -0.25) is 28.8 Å². The normalized spacial score (nSPS) is 18.8. The van der Waals surface area contributed by atoms with E-state index >= 15 is 0 Å². The molecule has 0 radical (unpaired) electrons. The second-order valence-electron chi connectivity index (χ2n) is 23.4. The summed E-state index contributed by atoms with van der Waals surface area (Å²) in [6, 6.07) is -5.37. The first-order chi connectivity index (χ1) is 35.3. The Hall–Kier alpha value is -6.69. The first-order valence-corrected chi connectivity index (χ1v) is 26.1. The van der Waals surface area contributed by atoms with Crippen molar-refractivity contribution in [3.63, 3.8) is 0 Å². The number of hydrogen-bond acceptors (Lipinski definition) is 16. The molecule has 0 saturated carbocycles. The molecule has 1 heterocycles. The molecule has 438 valence electrons. The number of rotatable bonds is 12. The predicted octanol–water partition coefficient (Wildman–Crippen LogP) is 3.21. The Morgan fingerprint density at radius 2 is 0.857 bits per heavy atom. The quantitative estimate of drug-likeness (QED) is 0.0790. The number of carbonyl (C=O) groups is 11. The molecule has 25 heteroatoms. The molecule has 1 rings (SSSR count). The highest BCUT2D eigenvalue weighted by Gasteiger charge is 2.32. The van der Waals surface area contributed by atoms with Crippen molar-refractivity contribution in [2.45, 2.75) is 214 Å². The van der Waals surface area contributed by atoms with E-state index in [1.54, 1.807) is 104 Å². The van der Waals surface area contributed by atoms with Crippen LogP contribution >= 0.6 is 0 Å². The minimum atomic E-state index is -1.36. The maximum atomic E-state index is 13.7. The smallest absolute Gasteiger partial charge is 0.410 e. The van der Waals surface area contributed by atoms with Gasteiger partial charge in [-0.2, -0.15) is 0 Å². The Kier molecular flexibility index (Phi) is 28.0. The molecular weight excluding hydrogens is 1010 g/mol. The molecule has 1 aliphatic rings. The van der Waals surface area contributed by atoms with Crippen LogP contribution in [0.5, 0.6) is 0 Å². The number of hydrogen-bond donors (Lipinski definition) is 8. The van der Waals surface area contributed by atoms with Crippen LogP contribution in [0.3, 0.4) is 0 Å². The van der Waals surface area contributed by atoms with Gasteiger partial charge in [-0.25, -0.2) is 24.0 Å². The number of nitrogens with one attached hydrogen (secondary N) is 8. The molecular formula is C52H89N9O16. The summed E-state index contributed by atoms with van der Waals surface area (Å²) >= 11 is 0. The summed E-state index contributed by atoms with van der Waals surface area (Å²) in [7, 11) is 0. The summed E-state index contributed by atoms with van der Waals surface area (Å²) in [6.45, 7) is 24.5. The van der Waals surface area contributed by atoms with E-state index < -0.39 is 144 Å². The molecule has 4 atom stereocenters. The SMILES string of the molecule is CC(C)(C)OC(=O)N[C@@H](CCC(=O)N[C@H]1C/C=C/C[C@H](NC(=O)CC[C@H](NC(=O)OC(C)(C)C)C(=O)OC(C)(C)C)C(=O)NCC(=O)NCCCN(C(=O)OC(C)(C)C)CCCCNC(=O)CNC1=O)C(=O)OC(C)(C)C. The van der Waals surface area contributed by atoms with Crippen LogP contribution < -0.4 is 42.5 Å². The minimum absolute atomic E-state index is 0.125. The largest absolute Gasteiger partial charge is 0.458 e. The average Bonchev–Trinajstić information content (AvgIpc) is 3.25. The van der Waals surface area contributed by atoms with Gasteiger partial charge in [0.2, 0.25) is 35.4 Å². The van der Waals surface area contributed by atoms with Crippen molar-refractivity contribution in [1.29, 1.82) is 0 Å². The summed E-state index contributed by atoms with van der Waals surface area (Å²) < 4.78 is 27.1.